The summed E-state index contributed by atoms with van der Waals surface area (Å²) in [5, 5.41) is 6.46. The molecule has 1 heterocycles. The number of rotatable bonds is 4. The molecule has 2 aromatic rings. The molecule has 5 heteroatoms. The summed E-state index contributed by atoms with van der Waals surface area (Å²) in [5.74, 6) is 0.0697. The predicted octanol–water partition coefficient (Wildman–Crippen LogP) is 3.66. The lowest BCUT2D eigenvalue weighted by atomic mass is 10.2. The molecule has 1 fully saturated rings. The first-order valence-corrected chi connectivity index (χ1v) is 7.73. The average Bonchev–Trinajstić information content (AvgIpc) is 3.22. The lowest BCUT2D eigenvalue weighted by Crippen LogP contribution is -2.12. The minimum atomic E-state index is -0.152. The SMILES string of the molecule is Cc1ccccc1NC(=O)c1ccc(NC(=O)C2CC2)s1. The van der Waals surface area contributed by atoms with Crippen molar-refractivity contribution < 1.29 is 9.59 Å². The van der Waals surface area contributed by atoms with E-state index in [1.165, 1.54) is 11.3 Å². The van der Waals surface area contributed by atoms with Gasteiger partial charge in [-0.3, -0.25) is 9.59 Å². The van der Waals surface area contributed by atoms with E-state index in [2.05, 4.69) is 10.6 Å². The predicted molar refractivity (Wildman–Crippen MR) is 84.8 cm³/mol. The summed E-state index contributed by atoms with van der Waals surface area (Å²) in [5.41, 5.74) is 1.82. The van der Waals surface area contributed by atoms with Gasteiger partial charge in [-0.2, -0.15) is 0 Å². The summed E-state index contributed by atoms with van der Waals surface area (Å²) >= 11 is 1.30. The number of carbonyl (C=O) groups is 2. The van der Waals surface area contributed by atoms with Crippen LogP contribution < -0.4 is 10.6 Å². The van der Waals surface area contributed by atoms with E-state index < -0.39 is 0 Å². The number of hydrogen-bond donors (Lipinski definition) is 2. The Balaban J connectivity index is 1.66. The summed E-state index contributed by atoms with van der Waals surface area (Å²) in [6, 6.07) is 11.2. The zero-order chi connectivity index (χ0) is 14.8. The Labute approximate surface area is 127 Å². The van der Waals surface area contributed by atoms with E-state index in [4.69, 9.17) is 0 Å². The molecule has 1 aromatic carbocycles. The third kappa shape index (κ3) is 3.31. The van der Waals surface area contributed by atoms with E-state index in [1.54, 1.807) is 12.1 Å². The Morgan fingerprint density at radius 3 is 2.57 bits per heavy atom. The van der Waals surface area contributed by atoms with E-state index >= 15 is 0 Å². The molecule has 108 valence electrons. The number of anilines is 2. The maximum atomic E-state index is 12.2. The summed E-state index contributed by atoms with van der Waals surface area (Å²) in [4.78, 5) is 24.5. The van der Waals surface area contributed by atoms with Crippen molar-refractivity contribution in [3.63, 3.8) is 0 Å². The Bertz CT molecular complexity index is 689. The number of aryl methyl sites for hydroxylation is 1. The molecule has 0 saturated heterocycles. The highest BCUT2D eigenvalue weighted by Crippen LogP contribution is 2.31. The maximum Gasteiger partial charge on any atom is 0.265 e. The van der Waals surface area contributed by atoms with Gasteiger partial charge in [-0.05, 0) is 43.5 Å². The molecule has 4 nitrogen and oxygen atoms in total. The van der Waals surface area contributed by atoms with Crippen LogP contribution >= 0.6 is 11.3 Å². The van der Waals surface area contributed by atoms with E-state index in [0.29, 0.717) is 4.88 Å². The second kappa shape index (κ2) is 5.69. The number of hydrogen-bond acceptors (Lipinski definition) is 3. The second-order valence-corrected chi connectivity index (χ2v) is 6.28. The van der Waals surface area contributed by atoms with Crippen LogP contribution in [0.4, 0.5) is 10.7 Å². The van der Waals surface area contributed by atoms with Crippen LogP contribution in [0.15, 0.2) is 36.4 Å². The van der Waals surface area contributed by atoms with Crippen molar-refractivity contribution in [3.05, 3.63) is 46.8 Å². The Hall–Kier alpha value is -2.14. The topological polar surface area (TPSA) is 58.2 Å². The van der Waals surface area contributed by atoms with Gasteiger partial charge in [0.15, 0.2) is 0 Å². The van der Waals surface area contributed by atoms with Gasteiger partial charge in [-0.1, -0.05) is 18.2 Å². The molecule has 0 unspecified atom stereocenters. The number of amides is 2. The lowest BCUT2D eigenvalue weighted by molar-refractivity contribution is -0.117. The Morgan fingerprint density at radius 2 is 1.86 bits per heavy atom. The monoisotopic (exact) mass is 300 g/mol. The fraction of sp³-hybridized carbons (Fsp3) is 0.250. The van der Waals surface area contributed by atoms with Gasteiger partial charge in [0.25, 0.3) is 5.91 Å². The van der Waals surface area contributed by atoms with Crippen LogP contribution in [0.5, 0.6) is 0 Å². The van der Waals surface area contributed by atoms with E-state index in [-0.39, 0.29) is 17.7 Å². The highest BCUT2D eigenvalue weighted by molar-refractivity contribution is 7.18. The van der Waals surface area contributed by atoms with Crippen molar-refractivity contribution >= 4 is 33.8 Å². The number of benzene rings is 1. The molecule has 21 heavy (non-hydrogen) atoms. The molecule has 1 saturated carbocycles. The second-order valence-electron chi connectivity index (χ2n) is 5.20. The van der Waals surface area contributed by atoms with Crippen LogP contribution in [0.3, 0.4) is 0 Å². The smallest absolute Gasteiger partial charge is 0.265 e. The number of nitrogens with one attached hydrogen (secondary N) is 2. The third-order valence-corrected chi connectivity index (χ3v) is 4.42. The Kier molecular flexibility index (Phi) is 3.75. The molecular formula is C16H16N2O2S. The van der Waals surface area contributed by atoms with Crippen LogP contribution in [-0.4, -0.2) is 11.8 Å². The van der Waals surface area contributed by atoms with Gasteiger partial charge in [0.2, 0.25) is 5.91 Å². The molecule has 1 aliphatic rings. The van der Waals surface area contributed by atoms with E-state index in [1.807, 2.05) is 31.2 Å². The highest BCUT2D eigenvalue weighted by atomic mass is 32.1. The van der Waals surface area contributed by atoms with Gasteiger partial charge in [-0.15, -0.1) is 11.3 Å². The van der Waals surface area contributed by atoms with E-state index in [9.17, 15) is 9.59 Å². The largest absolute Gasteiger partial charge is 0.321 e. The summed E-state index contributed by atoms with van der Waals surface area (Å²) in [6.45, 7) is 1.95. The van der Waals surface area contributed by atoms with Crippen LogP contribution in [0, 0.1) is 12.8 Å². The fourth-order valence-electron chi connectivity index (χ4n) is 1.99. The zero-order valence-electron chi connectivity index (χ0n) is 11.7. The lowest BCUT2D eigenvalue weighted by Gasteiger charge is -2.06. The molecule has 0 spiro atoms. The first kappa shape index (κ1) is 13.8. The first-order valence-electron chi connectivity index (χ1n) is 6.91. The number of para-hydroxylation sites is 1. The number of thiophene rings is 1. The highest BCUT2D eigenvalue weighted by Gasteiger charge is 2.29. The molecule has 3 rings (SSSR count). The van der Waals surface area contributed by atoms with Crippen molar-refractivity contribution in [1.29, 1.82) is 0 Å². The molecular weight excluding hydrogens is 284 g/mol. The van der Waals surface area contributed by atoms with Gasteiger partial charge >= 0.3 is 0 Å². The fourth-order valence-corrected chi connectivity index (χ4v) is 2.80. The quantitative estimate of drug-likeness (QED) is 0.905. The summed E-state index contributed by atoms with van der Waals surface area (Å²) in [7, 11) is 0. The molecule has 1 aliphatic carbocycles. The van der Waals surface area contributed by atoms with Crippen molar-refractivity contribution in [2.45, 2.75) is 19.8 Å². The average molecular weight is 300 g/mol. The van der Waals surface area contributed by atoms with Gasteiger partial charge in [0.05, 0.1) is 9.88 Å². The molecule has 0 atom stereocenters. The molecule has 1 aromatic heterocycles. The van der Waals surface area contributed by atoms with Gasteiger partial charge in [-0.25, -0.2) is 0 Å². The van der Waals surface area contributed by atoms with Gasteiger partial charge in [0, 0.05) is 11.6 Å². The van der Waals surface area contributed by atoms with Crippen molar-refractivity contribution in [3.8, 4) is 0 Å². The summed E-state index contributed by atoms with van der Waals surface area (Å²) in [6.07, 6.45) is 1.94. The molecule has 2 amide bonds. The summed E-state index contributed by atoms with van der Waals surface area (Å²) < 4.78 is 0. The van der Waals surface area contributed by atoms with Gasteiger partial charge in [0.1, 0.15) is 0 Å². The van der Waals surface area contributed by atoms with Crippen molar-refractivity contribution in [2.24, 2.45) is 5.92 Å². The Morgan fingerprint density at radius 1 is 1.10 bits per heavy atom. The maximum absolute atomic E-state index is 12.2. The molecule has 2 N–H and O–H groups in total. The first-order chi connectivity index (χ1) is 10.1. The van der Waals surface area contributed by atoms with Crippen LogP contribution in [-0.2, 0) is 4.79 Å². The number of carbonyl (C=O) groups excluding carboxylic acids is 2. The third-order valence-electron chi connectivity index (χ3n) is 3.42. The normalized spacial score (nSPS) is 13.8. The standard InChI is InChI=1S/C16H16N2O2S/c1-10-4-2-3-5-12(10)17-16(20)13-8-9-14(21-13)18-15(19)11-6-7-11/h2-5,8-9,11H,6-7H2,1H3,(H,17,20)(H,18,19). The molecule has 0 bridgehead atoms. The van der Waals surface area contributed by atoms with Crippen molar-refractivity contribution in [2.75, 3.05) is 10.6 Å². The molecule has 0 aliphatic heterocycles. The van der Waals surface area contributed by atoms with E-state index in [0.717, 1.165) is 29.1 Å². The van der Waals surface area contributed by atoms with Gasteiger partial charge < -0.3 is 10.6 Å². The minimum Gasteiger partial charge on any atom is -0.321 e. The van der Waals surface area contributed by atoms with Crippen LogP contribution in [0.25, 0.3) is 0 Å². The zero-order valence-corrected chi connectivity index (χ0v) is 12.5. The minimum absolute atomic E-state index is 0.0581. The van der Waals surface area contributed by atoms with Crippen LogP contribution in [0.1, 0.15) is 28.1 Å². The van der Waals surface area contributed by atoms with Crippen molar-refractivity contribution in [1.82, 2.24) is 0 Å². The molecule has 0 radical (unpaired) electrons. The van der Waals surface area contributed by atoms with Crippen LogP contribution in [0.2, 0.25) is 0 Å².